The molecule has 0 atom stereocenters. The number of aromatic nitrogens is 4. The quantitative estimate of drug-likeness (QED) is 0.150. The zero-order valence-corrected chi connectivity index (χ0v) is 34.0. The van der Waals surface area contributed by atoms with Gasteiger partial charge in [0.05, 0.1) is 11.2 Å². The molecule has 3 aromatic heterocycles. The summed E-state index contributed by atoms with van der Waals surface area (Å²) in [6.45, 7) is 0. The summed E-state index contributed by atoms with van der Waals surface area (Å²) in [5.41, 5.74) is 14.1. The van der Waals surface area contributed by atoms with Gasteiger partial charge in [-0.3, -0.25) is 0 Å². The number of furan rings is 1. The lowest BCUT2D eigenvalue weighted by atomic mass is 9.89. The molecule has 0 fully saturated rings. The number of para-hydroxylation sites is 2. The fraction of sp³-hybridized carbons (Fsp3) is 0. The highest BCUT2D eigenvalue weighted by molar-refractivity contribution is 6.27. The van der Waals surface area contributed by atoms with Crippen LogP contribution in [0.4, 0.5) is 0 Å². The smallest absolute Gasteiger partial charge is 0.164 e. The van der Waals surface area contributed by atoms with Crippen molar-refractivity contribution in [3.05, 3.63) is 218 Å². The molecule has 0 aliphatic heterocycles. The van der Waals surface area contributed by atoms with Crippen LogP contribution in [0, 0.1) is 0 Å². The van der Waals surface area contributed by atoms with E-state index in [9.17, 15) is 0 Å². The SMILES string of the molecule is c1ccc(-c2ccc(-c3nc(-c4ccccc4)nc(-c4ccc(-c5nc6ccccc6c6c(-c7ccc(-c8ccccc8)cc7)c7c(cc56)oc5ccccc57)cc4)n3)cc2)cc1. The maximum Gasteiger partial charge on any atom is 0.164 e. The van der Waals surface area contributed by atoms with Crippen LogP contribution in [0.5, 0.6) is 0 Å². The minimum atomic E-state index is 0.596. The Hall–Kier alpha value is -8.54. The van der Waals surface area contributed by atoms with Crippen LogP contribution >= 0.6 is 0 Å². The monoisotopic (exact) mass is 804 g/mol. The average Bonchev–Trinajstić information content (AvgIpc) is 3.74. The molecule has 0 unspecified atom stereocenters. The second-order valence-corrected chi connectivity index (χ2v) is 15.8. The number of fused-ring (bicyclic) bond motifs is 6. The van der Waals surface area contributed by atoms with Gasteiger partial charge in [-0.1, -0.05) is 200 Å². The van der Waals surface area contributed by atoms with Crippen LogP contribution in [0.1, 0.15) is 0 Å². The van der Waals surface area contributed by atoms with Gasteiger partial charge >= 0.3 is 0 Å². The molecule has 63 heavy (non-hydrogen) atoms. The number of hydrogen-bond donors (Lipinski definition) is 0. The number of hydrogen-bond acceptors (Lipinski definition) is 5. The first kappa shape index (κ1) is 36.3. The molecule has 0 aliphatic carbocycles. The Morgan fingerprint density at radius 1 is 0.270 bits per heavy atom. The van der Waals surface area contributed by atoms with Crippen molar-refractivity contribution in [1.82, 2.24) is 19.9 Å². The summed E-state index contributed by atoms with van der Waals surface area (Å²) in [7, 11) is 0. The van der Waals surface area contributed by atoms with Crippen LogP contribution in [-0.2, 0) is 0 Å². The molecular weight excluding hydrogens is 769 g/mol. The van der Waals surface area contributed by atoms with Crippen LogP contribution in [-0.4, -0.2) is 19.9 Å². The van der Waals surface area contributed by atoms with E-state index in [2.05, 4.69) is 170 Å². The Bertz CT molecular complexity index is 3620. The Morgan fingerprint density at radius 3 is 1.25 bits per heavy atom. The molecule has 0 N–H and O–H groups in total. The van der Waals surface area contributed by atoms with Crippen molar-refractivity contribution in [2.75, 3.05) is 0 Å². The Balaban J connectivity index is 1.02. The van der Waals surface area contributed by atoms with Gasteiger partial charge in [0, 0.05) is 54.7 Å². The molecule has 0 amide bonds. The number of nitrogens with zero attached hydrogens (tertiary/aromatic N) is 4. The van der Waals surface area contributed by atoms with Crippen LogP contribution < -0.4 is 0 Å². The second-order valence-electron chi connectivity index (χ2n) is 15.8. The van der Waals surface area contributed by atoms with Crippen LogP contribution in [0.3, 0.4) is 0 Å². The van der Waals surface area contributed by atoms with Crippen LogP contribution in [0.15, 0.2) is 223 Å². The predicted molar refractivity (Wildman–Crippen MR) is 258 cm³/mol. The topological polar surface area (TPSA) is 64.7 Å². The minimum Gasteiger partial charge on any atom is -0.456 e. The standard InChI is InChI=1S/C58H36N4O/c1-4-14-37(15-5-1)39-24-28-41(29-25-39)52-53-46-20-10-12-22-49(46)59-55(48(53)36-51-54(52)47-21-11-13-23-50(47)63-51)42-30-34-45(35-31-42)58-61-56(43-18-8-3-9-19-43)60-57(62-58)44-32-26-40(27-33-44)38-16-6-2-7-17-38/h1-36H. The van der Waals surface area contributed by atoms with Crippen molar-refractivity contribution < 1.29 is 4.42 Å². The van der Waals surface area contributed by atoms with Crippen molar-refractivity contribution in [3.63, 3.8) is 0 Å². The molecule has 0 spiro atoms. The van der Waals surface area contributed by atoms with Gasteiger partial charge < -0.3 is 4.42 Å². The van der Waals surface area contributed by atoms with Crippen molar-refractivity contribution in [2.24, 2.45) is 0 Å². The van der Waals surface area contributed by atoms with E-state index in [1.165, 1.54) is 11.1 Å². The third-order valence-electron chi connectivity index (χ3n) is 11.9. The molecular formula is C58H36N4O. The van der Waals surface area contributed by atoms with Crippen molar-refractivity contribution in [1.29, 1.82) is 0 Å². The van der Waals surface area contributed by atoms with Crippen LogP contribution in [0.25, 0.3) is 122 Å². The normalized spacial score (nSPS) is 11.5. The molecule has 12 aromatic rings. The van der Waals surface area contributed by atoms with E-state index in [1.54, 1.807) is 0 Å². The van der Waals surface area contributed by atoms with Gasteiger partial charge in [-0.15, -0.1) is 0 Å². The summed E-state index contributed by atoms with van der Waals surface area (Å²) in [6, 6.07) is 75.7. The summed E-state index contributed by atoms with van der Waals surface area (Å²) >= 11 is 0. The second kappa shape index (κ2) is 15.2. The summed E-state index contributed by atoms with van der Waals surface area (Å²) in [5.74, 6) is 1.83. The van der Waals surface area contributed by atoms with Crippen molar-refractivity contribution in [3.8, 4) is 78.8 Å². The van der Waals surface area contributed by atoms with Gasteiger partial charge in [0.2, 0.25) is 0 Å². The fourth-order valence-electron chi connectivity index (χ4n) is 8.86. The Labute approximate surface area is 363 Å². The third-order valence-corrected chi connectivity index (χ3v) is 11.9. The molecule has 5 heteroatoms. The lowest BCUT2D eigenvalue weighted by Crippen LogP contribution is -2.00. The lowest BCUT2D eigenvalue weighted by molar-refractivity contribution is 0.669. The minimum absolute atomic E-state index is 0.596. The van der Waals surface area contributed by atoms with E-state index in [1.807, 2.05) is 48.5 Å². The van der Waals surface area contributed by atoms with E-state index in [4.69, 9.17) is 24.4 Å². The Kier molecular flexibility index (Phi) is 8.75. The highest BCUT2D eigenvalue weighted by Gasteiger charge is 2.22. The van der Waals surface area contributed by atoms with Gasteiger partial charge in [0.15, 0.2) is 17.5 Å². The highest BCUT2D eigenvalue weighted by Crippen LogP contribution is 2.46. The molecule has 0 bridgehead atoms. The van der Waals surface area contributed by atoms with Gasteiger partial charge in [-0.05, 0) is 46.0 Å². The molecule has 9 aromatic carbocycles. The van der Waals surface area contributed by atoms with Gasteiger partial charge in [-0.25, -0.2) is 19.9 Å². The summed E-state index contributed by atoms with van der Waals surface area (Å²) < 4.78 is 6.67. The maximum atomic E-state index is 6.67. The first-order valence-electron chi connectivity index (χ1n) is 21.1. The number of benzene rings is 9. The summed E-state index contributed by atoms with van der Waals surface area (Å²) in [5, 5.41) is 5.42. The molecule has 12 rings (SSSR count). The van der Waals surface area contributed by atoms with Gasteiger partial charge in [0.1, 0.15) is 11.2 Å². The first-order valence-corrected chi connectivity index (χ1v) is 21.1. The molecule has 0 saturated heterocycles. The van der Waals surface area contributed by atoms with Crippen molar-refractivity contribution >= 4 is 43.6 Å². The predicted octanol–water partition coefficient (Wildman–Crippen LogP) is 15.1. The third kappa shape index (κ3) is 6.51. The zero-order chi connectivity index (χ0) is 41.7. The largest absolute Gasteiger partial charge is 0.456 e. The van der Waals surface area contributed by atoms with E-state index >= 15 is 0 Å². The van der Waals surface area contributed by atoms with Gasteiger partial charge in [0.25, 0.3) is 0 Å². The Morgan fingerprint density at radius 2 is 0.683 bits per heavy atom. The first-order chi connectivity index (χ1) is 31.2. The van der Waals surface area contributed by atoms with Crippen molar-refractivity contribution in [2.45, 2.75) is 0 Å². The molecule has 5 nitrogen and oxygen atoms in total. The highest BCUT2D eigenvalue weighted by atomic mass is 16.3. The maximum absolute atomic E-state index is 6.67. The van der Waals surface area contributed by atoms with E-state index < -0.39 is 0 Å². The summed E-state index contributed by atoms with van der Waals surface area (Å²) in [6.07, 6.45) is 0. The average molecular weight is 805 g/mol. The lowest BCUT2D eigenvalue weighted by Gasteiger charge is -2.16. The van der Waals surface area contributed by atoms with E-state index in [0.29, 0.717) is 17.5 Å². The number of pyridine rings is 1. The van der Waals surface area contributed by atoms with Crippen LogP contribution in [0.2, 0.25) is 0 Å². The zero-order valence-electron chi connectivity index (χ0n) is 34.0. The molecule has 294 valence electrons. The van der Waals surface area contributed by atoms with Gasteiger partial charge in [-0.2, -0.15) is 0 Å². The van der Waals surface area contributed by atoms with E-state index in [0.717, 1.165) is 93.8 Å². The van der Waals surface area contributed by atoms with E-state index in [-0.39, 0.29) is 0 Å². The molecule has 0 saturated carbocycles. The summed E-state index contributed by atoms with van der Waals surface area (Å²) in [4.78, 5) is 20.5. The number of rotatable bonds is 7. The fourth-order valence-corrected chi connectivity index (χ4v) is 8.86. The molecule has 0 aliphatic rings. The molecule has 3 heterocycles. The molecule has 0 radical (unpaired) electrons.